The summed E-state index contributed by atoms with van der Waals surface area (Å²) in [4.78, 5) is 36.7. The molecule has 0 aliphatic carbocycles. The van der Waals surface area contributed by atoms with Crippen LogP contribution in [0.3, 0.4) is 0 Å². The number of rotatable bonds is 4. The molecule has 1 N–H and O–H groups in total. The van der Waals surface area contributed by atoms with Crippen molar-refractivity contribution >= 4 is 38.8 Å². The molecular formula is C16H15N5O4S. The van der Waals surface area contributed by atoms with Gasteiger partial charge in [-0.1, -0.05) is 11.3 Å². The second kappa shape index (κ2) is 6.64. The predicted molar refractivity (Wildman–Crippen MR) is 97.6 cm³/mol. The van der Waals surface area contributed by atoms with Gasteiger partial charge in [0.25, 0.3) is 11.2 Å². The standard InChI is InChI=1S/C16H15N5O4S/c1-8-4-5-11(21(24)25)6-12(8)17-13(22)7-20-16(23)14-9(2)10(3)26-15(14)18-19-20/h4-6H,7H2,1-3H3,(H,17,22). The molecule has 0 saturated heterocycles. The number of thiophene rings is 1. The minimum absolute atomic E-state index is 0.131. The van der Waals surface area contributed by atoms with Gasteiger partial charge in [0, 0.05) is 17.0 Å². The van der Waals surface area contributed by atoms with Crippen molar-refractivity contribution < 1.29 is 9.72 Å². The molecule has 134 valence electrons. The second-order valence-electron chi connectivity index (χ2n) is 5.82. The van der Waals surface area contributed by atoms with E-state index in [0.29, 0.717) is 21.5 Å². The van der Waals surface area contributed by atoms with Crippen molar-refractivity contribution in [1.29, 1.82) is 0 Å². The number of hydrogen-bond acceptors (Lipinski definition) is 7. The van der Waals surface area contributed by atoms with Gasteiger partial charge in [-0.3, -0.25) is 19.7 Å². The molecular weight excluding hydrogens is 358 g/mol. The molecule has 0 bridgehead atoms. The van der Waals surface area contributed by atoms with Crippen LogP contribution >= 0.6 is 11.3 Å². The van der Waals surface area contributed by atoms with Crippen LogP contribution in [-0.2, 0) is 11.3 Å². The molecule has 0 unspecified atom stereocenters. The number of non-ortho nitro benzene ring substituents is 1. The first-order valence-corrected chi connectivity index (χ1v) is 8.48. The molecule has 26 heavy (non-hydrogen) atoms. The number of amides is 1. The van der Waals surface area contributed by atoms with E-state index in [4.69, 9.17) is 0 Å². The second-order valence-corrected chi connectivity index (χ2v) is 7.02. The number of benzene rings is 1. The molecule has 0 spiro atoms. The van der Waals surface area contributed by atoms with Gasteiger partial charge in [0.05, 0.1) is 16.0 Å². The van der Waals surface area contributed by atoms with E-state index in [2.05, 4.69) is 15.6 Å². The van der Waals surface area contributed by atoms with Crippen LogP contribution in [0, 0.1) is 30.9 Å². The monoisotopic (exact) mass is 373 g/mol. The minimum atomic E-state index is -0.541. The summed E-state index contributed by atoms with van der Waals surface area (Å²) in [5.41, 5.74) is 1.29. The first-order chi connectivity index (χ1) is 12.3. The van der Waals surface area contributed by atoms with Crippen molar-refractivity contribution in [3.8, 4) is 0 Å². The highest BCUT2D eigenvalue weighted by Gasteiger charge is 2.16. The van der Waals surface area contributed by atoms with Crippen molar-refractivity contribution in [3.05, 3.63) is 54.7 Å². The molecule has 2 heterocycles. The first kappa shape index (κ1) is 17.7. The summed E-state index contributed by atoms with van der Waals surface area (Å²) in [5.74, 6) is -0.519. The zero-order valence-electron chi connectivity index (χ0n) is 14.3. The first-order valence-electron chi connectivity index (χ1n) is 7.66. The highest BCUT2D eigenvalue weighted by molar-refractivity contribution is 7.18. The maximum Gasteiger partial charge on any atom is 0.279 e. The molecule has 0 aliphatic heterocycles. The zero-order chi connectivity index (χ0) is 19.0. The van der Waals surface area contributed by atoms with Crippen LogP contribution in [0.15, 0.2) is 23.0 Å². The number of nitro benzene ring substituents is 1. The lowest BCUT2D eigenvalue weighted by Gasteiger charge is -2.08. The summed E-state index contributed by atoms with van der Waals surface area (Å²) in [6.07, 6.45) is 0. The molecule has 2 aromatic heterocycles. The number of aromatic nitrogens is 3. The molecule has 0 aliphatic rings. The molecule has 0 atom stereocenters. The minimum Gasteiger partial charge on any atom is -0.324 e. The SMILES string of the molecule is Cc1ccc([N+](=O)[O-])cc1NC(=O)Cn1nnc2sc(C)c(C)c2c1=O. The molecule has 9 nitrogen and oxygen atoms in total. The van der Waals surface area contributed by atoms with Crippen molar-refractivity contribution in [1.82, 2.24) is 15.0 Å². The number of nitrogens with one attached hydrogen (secondary N) is 1. The van der Waals surface area contributed by atoms with Crippen LogP contribution in [0.4, 0.5) is 11.4 Å². The summed E-state index contributed by atoms with van der Waals surface area (Å²) in [7, 11) is 0. The summed E-state index contributed by atoms with van der Waals surface area (Å²) in [6, 6.07) is 4.18. The number of hydrogen-bond donors (Lipinski definition) is 1. The maximum absolute atomic E-state index is 12.6. The van der Waals surface area contributed by atoms with Crippen LogP contribution in [0.5, 0.6) is 0 Å². The van der Waals surface area contributed by atoms with Gasteiger partial charge in [0.1, 0.15) is 6.54 Å². The molecule has 1 amide bonds. The van der Waals surface area contributed by atoms with E-state index in [9.17, 15) is 19.7 Å². The van der Waals surface area contributed by atoms with Gasteiger partial charge in [-0.05, 0) is 31.9 Å². The number of fused-ring (bicyclic) bond motifs is 1. The van der Waals surface area contributed by atoms with E-state index in [1.807, 2.05) is 13.8 Å². The third-order valence-electron chi connectivity index (χ3n) is 4.06. The Morgan fingerprint density at radius 2 is 2.08 bits per heavy atom. The Morgan fingerprint density at radius 3 is 2.77 bits per heavy atom. The lowest BCUT2D eigenvalue weighted by atomic mass is 10.2. The Hall–Kier alpha value is -3.14. The van der Waals surface area contributed by atoms with Gasteiger partial charge in [0.15, 0.2) is 4.83 Å². The van der Waals surface area contributed by atoms with E-state index in [0.717, 1.165) is 15.1 Å². The average molecular weight is 373 g/mol. The Kier molecular flexibility index (Phi) is 4.51. The van der Waals surface area contributed by atoms with E-state index in [1.165, 1.54) is 23.5 Å². The highest BCUT2D eigenvalue weighted by atomic mass is 32.1. The fourth-order valence-electron chi connectivity index (χ4n) is 2.48. The number of carbonyl (C=O) groups excluding carboxylic acids is 1. The number of aryl methyl sites for hydroxylation is 3. The quantitative estimate of drug-likeness (QED) is 0.553. The summed E-state index contributed by atoms with van der Waals surface area (Å²) in [6.45, 7) is 5.10. The summed E-state index contributed by atoms with van der Waals surface area (Å²) < 4.78 is 0.990. The maximum atomic E-state index is 12.6. The van der Waals surface area contributed by atoms with E-state index in [1.54, 1.807) is 13.0 Å². The Balaban J connectivity index is 1.87. The number of nitrogens with zero attached hydrogens (tertiary/aromatic N) is 4. The van der Waals surface area contributed by atoms with E-state index < -0.39 is 10.8 Å². The van der Waals surface area contributed by atoms with Crippen molar-refractivity contribution in [3.63, 3.8) is 0 Å². The van der Waals surface area contributed by atoms with Crippen molar-refractivity contribution in [2.24, 2.45) is 0 Å². The van der Waals surface area contributed by atoms with Gasteiger partial charge < -0.3 is 5.32 Å². The molecule has 3 rings (SSSR count). The number of carbonyl (C=O) groups is 1. The third-order valence-corrected chi connectivity index (χ3v) is 5.15. The predicted octanol–water partition coefficient (Wildman–Crippen LogP) is 2.33. The molecule has 1 aromatic carbocycles. The highest BCUT2D eigenvalue weighted by Crippen LogP contribution is 2.25. The topological polar surface area (TPSA) is 120 Å². The van der Waals surface area contributed by atoms with Crippen LogP contribution in [0.2, 0.25) is 0 Å². The molecule has 0 radical (unpaired) electrons. The third kappa shape index (κ3) is 3.18. The van der Waals surface area contributed by atoms with Gasteiger partial charge in [-0.2, -0.15) is 0 Å². The van der Waals surface area contributed by atoms with E-state index in [-0.39, 0.29) is 17.8 Å². The normalized spacial score (nSPS) is 10.9. The molecule has 3 aromatic rings. The Bertz CT molecular complexity index is 1100. The summed E-state index contributed by atoms with van der Waals surface area (Å²) in [5, 5.41) is 21.7. The average Bonchev–Trinajstić information content (AvgIpc) is 2.87. The molecule has 0 saturated carbocycles. The van der Waals surface area contributed by atoms with Crippen molar-refractivity contribution in [2.75, 3.05) is 5.32 Å². The van der Waals surface area contributed by atoms with Gasteiger partial charge >= 0.3 is 0 Å². The van der Waals surface area contributed by atoms with Gasteiger partial charge in [0.2, 0.25) is 5.91 Å². The lowest BCUT2D eigenvalue weighted by molar-refractivity contribution is -0.384. The fourth-order valence-corrected chi connectivity index (χ4v) is 3.45. The number of anilines is 1. The zero-order valence-corrected chi connectivity index (χ0v) is 15.1. The van der Waals surface area contributed by atoms with E-state index >= 15 is 0 Å². The Labute approximate surface area is 151 Å². The van der Waals surface area contributed by atoms with Crippen molar-refractivity contribution in [2.45, 2.75) is 27.3 Å². The fraction of sp³-hybridized carbons (Fsp3) is 0.250. The molecule has 0 fully saturated rings. The van der Waals surface area contributed by atoms with Gasteiger partial charge in [-0.15, -0.1) is 16.4 Å². The largest absolute Gasteiger partial charge is 0.324 e. The lowest BCUT2D eigenvalue weighted by Crippen LogP contribution is -2.30. The van der Waals surface area contributed by atoms with Crippen LogP contribution in [0.25, 0.3) is 10.2 Å². The number of nitro groups is 1. The van der Waals surface area contributed by atoms with Crippen LogP contribution in [-0.4, -0.2) is 25.8 Å². The molecule has 10 heteroatoms. The van der Waals surface area contributed by atoms with Crippen LogP contribution < -0.4 is 10.9 Å². The summed E-state index contributed by atoms with van der Waals surface area (Å²) >= 11 is 1.38. The Morgan fingerprint density at radius 1 is 1.35 bits per heavy atom. The van der Waals surface area contributed by atoms with Crippen LogP contribution in [0.1, 0.15) is 16.0 Å². The smallest absolute Gasteiger partial charge is 0.279 e. The van der Waals surface area contributed by atoms with Gasteiger partial charge in [-0.25, -0.2) is 4.68 Å².